The van der Waals surface area contributed by atoms with E-state index < -0.39 is 0 Å². The van der Waals surface area contributed by atoms with E-state index in [1.807, 2.05) is 42.5 Å². The van der Waals surface area contributed by atoms with Crippen LogP contribution in [0.2, 0.25) is 10.0 Å². The molecule has 4 heteroatoms. The van der Waals surface area contributed by atoms with Gasteiger partial charge in [0.2, 0.25) is 0 Å². The third kappa shape index (κ3) is 4.29. The van der Waals surface area contributed by atoms with Crippen molar-refractivity contribution in [1.29, 1.82) is 0 Å². The summed E-state index contributed by atoms with van der Waals surface area (Å²) in [6.45, 7) is 2.17. The van der Waals surface area contributed by atoms with E-state index in [-0.39, 0.29) is 6.04 Å². The van der Waals surface area contributed by atoms with Crippen LogP contribution in [0.4, 0.5) is 5.69 Å². The number of halogens is 2. The van der Waals surface area contributed by atoms with Crippen LogP contribution in [0.15, 0.2) is 42.5 Å². The van der Waals surface area contributed by atoms with E-state index in [1.165, 1.54) is 5.56 Å². The Kier molecular flexibility index (Phi) is 5.77. The largest absolute Gasteiger partial charge is 0.495 e. The number of ether oxygens (including phenoxy) is 1. The minimum Gasteiger partial charge on any atom is -0.495 e. The maximum absolute atomic E-state index is 6.09. The summed E-state index contributed by atoms with van der Waals surface area (Å²) in [7, 11) is 1.66. The molecule has 0 radical (unpaired) electrons. The molecule has 1 atom stereocenters. The van der Waals surface area contributed by atoms with Crippen molar-refractivity contribution in [3.8, 4) is 5.75 Å². The molecule has 1 unspecified atom stereocenters. The molecule has 0 aliphatic heterocycles. The number of methoxy groups -OCH3 is 1. The Balaban J connectivity index is 2.27. The molecule has 2 rings (SSSR count). The Labute approximate surface area is 136 Å². The normalized spacial score (nSPS) is 12.0. The number of benzene rings is 2. The maximum Gasteiger partial charge on any atom is 0.142 e. The molecule has 0 saturated heterocycles. The lowest BCUT2D eigenvalue weighted by Crippen LogP contribution is -2.11. The van der Waals surface area contributed by atoms with Crippen molar-refractivity contribution >= 4 is 28.9 Å². The van der Waals surface area contributed by atoms with Crippen molar-refractivity contribution in [2.75, 3.05) is 12.4 Å². The fraction of sp³-hybridized carbons (Fsp3) is 0.294. The Morgan fingerprint density at radius 2 is 1.71 bits per heavy atom. The smallest absolute Gasteiger partial charge is 0.142 e. The van der Waals surface area contributed by atoms with Gasteiger partial charge in [-0.3, -0.25) is 0 Å². The molecule has 0 aromatic heterocycles. The molecular weight excluding hydrogens is 305 g/mol. The van der Waals surface area contributed by atoms with E-state index in [4.69, 9.17) is 27.9 Å². The van der Waals surface area contributed by atoms with Gasteiger partial charge >= 0.3 is 0 Å². The second-order valence-electron chi connectivity index (χ2n) is 4.88. The summed E-state index contributed by atoms with van der Waals surface area (Å²) in [6, 6.07) is 13.7. The van der Waals surface area contributed by atoms with Gasteiger partial charge in [-0.2, -0.15) is 0 Å². The molecule has 0 aliphatic rings. The number of nitrogens with one attached hydrogen (secondary N) is 1. The van der Waals surface area contributed by atoms with Gasteiger partial charge < -0.3 is 10.1 Å². The lowest BCUT2D eigenvalue weighted by Gasteiger charge is -2.21. The van der Waals surface area contributed by atoms with Gasteiger partial charge in [0.25, 0.3) is 0 Å². The third-order valence-corrected chi connectivity index (χ3v) is 3.83. The summed E-state index contributed by atoms with van der Waals surface area (Å²) in [6.07, 6.45) is 2.08. The van der Waals surface area contributed by atoms with Crippen molar-refractivity contribution in [2.24, 2.45) is 0 Å². The minimum absolute atomic E-state index is 0.194. The first kappa shape index (κ1) is 16.0. The van der Waals surface area contributed by atoms with Crippen molar-refractivity contribution in [2.45, 2.75) is 25.8 Å². The minimum atomic E-state index is 0.194. The Hall–Kier alpha value is -1.38. The van der Waals surface area contributed by atoms with Crippen molar-refractivity contribution in [1.82, 2.24) is 0 Å². The zero-order valence-electron chi connectivity index (χ0n) is 12.2. The number of hydrogen-bond acceptors (Lipinski definition) is 2. The number of anilines is 1. The van der Waals surface area contributed by atoms with E-state index in [1.54, 1.807) is 7.11 Å². The number of hydrogen-bond donors (Lipinski definition) is 1. The molecule has 2 aromatic carbocycles. The van der Waals surface area contributed by atoms with Crippen LogP contribution < -0.4 is 10.1 Å². The van der Waals surface area contributed by atoms with Gasteiger partial charge in [0.1, 0.15) is 5.75 Å². The van der Waals surface area contributed by atoms with Crippen LogP contribution in [-0.4, -0.2) is 7.11 Å². The Morgan fingerprint density at radius 1 is 1.05 bits per heavy atom. The molecule has 0 bridgehead atoms. The van der Waals surface area contributed by atoms with E-state index in [0.29, 0.717) is 5.02 Å². The summed E-state index contributed by atoms with van der Waals surface area (Å²) >= 11 is 12.1. The molecule has 0 heterocycles. The van der Waals surface area contributed by atoms with Crippen LogP contribution in [0.3, 0.4) is 0 Å². The highest BCUT2D eigenvalue weighted by atomic mass is 35.5. The molecule has 1 N–H and O–H groups in total. The zero-order chi connectivity index (χ0) is 15.2. The predicted octanol–water partition coefficient (Wildman–Crippen LogP) is 5.96. The van der Waals surface area contributed by atoms with E-state index in [9.17, 15) is 0 Å². The third-order valence-electron chi connectivity index (χ3n) is 3.34. The van der Waals surface area contributed by atoms with Crippen molar-refractivity contribution in [3.63, 3.8) is 0 Å². The van der Waals surface area contributed by atoms with Gasteiger partial charge in [-0.15, -0.1) is 0 Å². The summed E-state index contributed by atoms with van der Waals surface area (Å²) in [4.78, 5) is 0. The van der Waals surface area contributed by atoms with Crippen molar-refractivity contribution < 1.29 is 4.74 Å². The molecule has 112 valence electrons. The van der Waals surface area contributed by atoms with Gasteiger partial charge in [-0.1, -0.05) is 48.7 Å². The topological polar surface area (TPSA) is 21.3 Å². The van der Waals surface area contributed by atoms with E-state index in [0.717, 1.165) is 29.3 Å². The van der Waals surface area contributed by atoms with Crippen LogP contribution >= 0.6 is 23.2 Å². The van der Waals surface area contributed by atoms with Crippen LogP contribution in [0, 0.1) is 0 Å². The fourth-order valence-corrected chi connectivity index (χ4v) is 2.58. The molecular formula is C17H19Cl2NO. The molecule has 0 aliphatic carbocycles. The molecule has 2 nitrogen and oxygen atoms in total. The fourth-order valence-electron chi connectivity index (χ4n) is 2.29. The summed E-state index contributed by atoms with van der Waals surface area (Å²) in [5.41, 5.74) is 2.10. The highest BCUT2D eigenvalue weighted by Gasteiger charge is 2.13. The van der Waals surface area contributed by atoms with Crippen LogP contribution in [0.1, 0.15) is 31.4 Å². The van der Waals surface area contributed by atoms with Gasteiger partial charge in [0, 0.05) is 10.0 Å². The van der Waals surface area contributed by atoms with Crippen LogP contribution in [0.25, 0.3) is 0 Å². The van der Waals surface area contributed by atoms with Crippen molar-refractivity contribution in [3.05, 3.63) is 58.1 Å². The lowest BCUT2D eigenvalue weighted by molar-refractivity contribution is 0.415. The molecule has 0 fully saturated rings. The predicted molar refractivity (Wildman–Crippen MR) is 90.7 cm³/mol. The first-order chi connectivity index (χ1) is 10.1. The zero-order valence-corrected chi connectivity index (χ0v) is 13.7. The SMILES string of the molecule is CCCC(Nc1cc(Cl)ccc1OC)c1ccc(Cl)cc1. The van der Waals surface area contributed by atoms with Crippen LogP contribution in [0.5, 0.6) is 5.75 Å². The molecule has 0 amide bonds. The highest BCUT2D eigenvalue weighted by Crippen LogP contribution is 2.32. The molecule has 0 saturated carbocycles. The van der Waals surface area contributed by atoms with Gasteiger partial charge in [0.05, 0.1) is 18.8 Å². The average molecular weight is 324 g/mol. The molecule has 21 heavy (non-hydrogen) atoms. The summed E-state index contributed by atoms with van der Waals surface area (Å²) < 4.78 is 5.39. The van der Waals surface area contributed by atoms with E-state index >= 15 is 0 Å². The highest BCUT2D eigenvalue weighted by molar-refractivity contribution is 6.31. The summed E-state index contributed by atoms with van der Waals surface area (Å²) in [5.74, 6) is 0.787. The van der Waals surface area contributed by atoms with Gasteiger partial charge in [-0.25, -0.2) is 0 Å². The number of rotatable bonds is 6. The second-order valence-corrected chi connectivity index (χ2v) is 5.75. The van der Waals surface area contributed by atoms with E-state index in [2.05, 4.69) is 12.2 Å². The quantitative estimate of drug-likeness (QED) is 0.708. The summed E-state index contributed by atoms with van der Waals surface area (Å²) in [5, 5.41) is 4.95. The lowest BCUT2D eigenvalue weighted by atomic mass is 10.0. The first-order valence-electron chi connectivity index (χ1n) is 6.99. The first-order valence-corrected chi connectivity index (χ1v) is 7.75. The monoisotopic (exact) mass is 323 g/mol. The Morgan fingerprint density at radius 3 is 2.33 bits per heavy atom. The Bertz CT molecular complexity index is 584. The maximum atomic E-state index is 6.09. The standard InChI is InChI=1S/C17H19Cl2NO/c1-3-4-15(12-5-7-13(18)8-6-12)20-16-11-14(19)9-10-17(16)21-2/h5-11,15,20H,3-4H2,1-2H3. The second kappa shape index (κ2) is 7.58. The molecule has 2 aromatic rings. The van der Waals surface area contributed by atoms with Gasteiger partial charge in [-0.05, 0) is 42.3 Å². The van der Waals surface area contributed by atoms with Crippen LogP contribution in [-0.2, 0) is 0 Å². The average Bonchev–Trinajstić information content (AvgIpc) is 2.48. The van der Waals surface area contributed by atoms with Gasteiger partial charge in [0.15, 0.2) is 0 Å². The molecule has 0 spiro atoms.